The van der Waals surface area contributed by atoms with Crippen LogP contribution in [0, 0.1) is 12.8 Å². The molecule has 2 heterocycles. The van der Waals surface area contributed by atoms with Crippen LogP contribution in [0.25, 0.3) is 0 Å². The summed E-state index contributed by atoms with van der Waals surface area (Å²) in [7, 11) is 1.52. The van der Waals surface area contributed by atoms with Crippen LogP contribution < -0.4 is 10.2 Å². The Balaban J connectivity index is 2.17. The van der Waals surface area contributed by atoms with E-state index in [0.29, 0.717) is 23.0 Å². The highest BCUT2D eigenvalue weighted by Gasteiger charge is 2.29. The summed E-state index contributed by atoms with van der Waals surface area (Å²) in [6.45, 7) is 8.40. The summed E-state index contributed by atoms with van der Waals surface area (Å²) in [6.07, 6.45) is 2.30. The first-order valence-corrected chi connectivity index (χ1v) is 10.8. The minimum absolute atomic E-state index is 0.111. The van der Waals surface area contributed by atoms with Crippen molar-refractivity contribution in [3.8, 4) is 0 Å². The number of piperidine rings is 1. The first kappa shape index (κ1) is 23.3. The number of esters is 2. The van der Waals surface area contributed by atoms with E-state index in [1.54, 1.807) is 13.8 Å². The SMILES string of the molecule is CCOC(=O)c1c(NC(=O)C[NH+]2CCC[C@H](C)C2)sc(C(=O)OCCOC)c1C. The van der Waals surface area contributed by atoms with Crippen molar-refractivity contribution in [1.29, 1.82) is 0 Å². The number of hydrogen-bond acceptors (Lipinski definition) is 7. The maximum Gasteiger partial charge on any atom is 0.348 e. The van der Waals surface area contributed by atoms with Crippen LogP contribution in [0.4, 0.5) is 5.00 Å². The van der Waals surface area contributed by atoms with Gasteiger partial charge < -0.3 is 24.4 Å². The Labute approximate surface area is 175 Å². The second kappa shape index (κ2) is 11.3. The van der Waals surface area contributed by atoms with Crippen LogP contribution in [0.15, 0.2) is 0 Å². The van der Waals surface area contributed by atoms with Gasteiger partial charge in [0.25, 0.3) is 5.91 Å². The van der Waals surface area contributed by atoms with E-state index in [0.717, 1.165) is 30.8 Å². The average molecular weight is 428 g/mol. The van der Waals surface area contributed by atoms with Gasteiger partial charge >= 0.3 is 11.9 Å². The molecule has 1 unspecified atom stereocenters. The van der Waals surface area contributed by atoms with E-state index in [1.807, 2.05) is 0 Å². The van der Waals surface area contributed by atoms with Crippen molar-refractivity contribution in [2.24, 2.45) is 5.92 Å². The average Bonchev–Trinajstić information content (AvgIpc) is 2.98. The number of rotatable bonds is 9. The molecule has 2 atom stereocenters. The highest BCUT2D eigenvalue weighted by Crippen LogP contribution is 2.34. The molecule has 2 N–H and O–H groups in total. The van der Waals surface area contributed by atoms with Crippen molar-refractivity contribution in [1.82, 2.24) is 0 Å². The number of quaternary nitrogens is 1. The number of anilines is 1. The highest BCUT2D eigenvalue weighted by atomic mass is 32.1. The second-order valence-electron chi connectivity index (χ2n) is 7.29. The van der Waals surface area contributed by atoms with E-state index in [1.165, 1.54) is 18.4 Å². The molecule has 9 heteroatoms. The Hall–Kier alpha value is -1.97. The fourth-order valence-electron chi connectivity index (χ4n) is 3.48. The highest BCUT2D eigenvalue weighted by molar-refractivity contribution is 7.18. The van der Waals surface area contributed by atoms with Crippen LogP contribution in [-0.2, 0) is 19.0 Å². The van der Waals surface area contributed by atoms with Gasteiger partial charge in [0.2, 0.25) is 0 Å². The molecule has 2 rings (SSSR count). The molecular formula is C20H31N2O6S+. The van der Waals surface area contributed by atoms with Crippen molar-refractivity contribution in [3.05, 3.63) is 16.0 Å². The van der Waals surface area contributed by atoms with Crippen molar-refractivity contribution in [3.63, 3.8) is 0 Å². The van der Waals surface area contributed by atoms with Crippen molar-refractivity contribution >= 4 is 34.2 Å². The molecule has 0 bridgehead atoms. The fourth-order valence-corrected chi connectivity index (χ4v) is 4.59. The number of thiophene rings is 1. The maximum atomic E-state index is 12.6. The van der Waals surface area contributed by atoms with E-state index >= 15 is 0 Å². The molecule has 162 valence electrons. The Bertz CT molecular complexity index is 733. The van der Waals surface area contributed by atoms with E-state index in [2.05, 4.69) is 12.2 Å². The van der Waals surface area contributed by atoms with Crippen LogP contribution >= 0.6 is 11.3 Å². The molecule has 1 aliphatic heterocycles. The van der Waals surface area contributed by atoms with Gasteiger partial charge in [0.1, 0.15) is 16.5 Å². The number of likely N-dealkylation sites (tertiary alicyclic amines) is 1. The van der Waals surface area contributed by atoms with Gasteiger partial charge in [-0.25, -0.2) is 9.59 Å². The largest absolute Gasteiger partial charge is 0.462 e. The maximum absolute atomic E-state index is 12.6. The Morgan fingerprint density at radius 3 is 2.62 bits per heavy atom. The normalized spacial score (nSPS) is 18.9. The number of carbonyl (C=O) groups is 3. The van der Waals surface area contributed by atoms with Gasteiger partial charge in [-0.1, -0.05) is 6.92 Å². The molecule has 0 saturated carbocycles. The molecule has 1 amide bonds. The second-order valence-corrected chi connectivity index (χ2v) is 8.31. The molecule has 1 fully saturated rings. The lowest BCUT2D eigenvalue weighted by Crippen LogP contribution is -3.14. The number of amides is 1. The van der Waals surface area contributed by atoms with E-state index in [-0.39, 0.29) is 36.2 Å². The zero-order valence-corrected chi connectivity index (χ0v) is 18.4. The first-order chi connectivity index (χ1) is 13.9. The summed E-state index contributed by atoms with van der Waals surface area (Å²) in [4.78, 5) is 39.0. The van der Waals surface area contributed by atoms with Crippen molar-refractivity contribution < 1.29 is 33.5 Å². The quantitative estimate of drug-likeness (QED) is 0.456. The van der Waals surface area contributed by atoms with Gasteiger partial charge in [0, 0.05) is 13.0 Å². The standard InChI is InChI=1S/C20H30N2O6S/c1-5-27-19(24)16-14(3)17(20(25)28-10-9-26-4)29-18(16)21-15(23)12-22-8-6-7-13(2)11-22/h13H,5-12H2,1-4H3,(H,21,23)/p+1/t13-/m0/s1. The molecular weight excluding hydrogens is 396 g/mol. The summed E-state index contributed by atoms with van der Waals surface area (Å²) in [5.74, 6) is -0.697. The molecule has 0 aliphatic carbocycles. The van der Waals surface area contributed by atoms with Gasteiger partial charge in [0.15, 0.2) is 6.54 Å². The lowest BCUT2D eigenvalue weighted by molar-refractivity contribution is -0.900. The van der Waals surface area contributed by atoms with Gasteiger partial charge in [0.05, 0.1) is 31.9 Å². The summed E-state index contributed by atoms with van der Waals surface area (Å²) in [5.41, 5.74) is 0.663. The summed E-state index contributed by atoms with van der Waals surface area (Å²) < 4.78 is 15.2. The number of nitrogens with one attached hydrogen (secondary N) is 2. The van der Waals surface area contributed by atoms with E-state index < -0.39 is 11.9 Å². The lowest BCUT2D eigenvalue weighted by Gasteiger charge is -2.27. The molecule has 1 aromatic rings. The van der Waals surface area contributed by atoms with Gasteiger partial charge in [-0.2, -0.15) is 0 Å². The van der Waals surface area contributed by atoms with Gasteiger partial charge in [-0.05, 0) is 32.3 Å². The molecule has 1 aromatic heterocycles. The Kier molecular flexibility index (Phi) is 9.06. The predicted molar refractivity (Wildman–Crippen MR) is 110 cm³/mol. The third-order valence-electron chi connectivity index (χ3n) is 4.86. The fraction of sp³-hybridized carbons (Fsp3) is 0.650. The summed E-state index contributed by atoms with van der Waals surface area (Å²) >= 11 is 1.04. The first-order valence-electron chi connectivity index (χ1n) is 9.97. The Morgan fingerprint density at radius 1 is 1.21 bits per heavy atom. The van der Waals surface area contributed by atoms with Crippen LogP contribution in [0.1, 0.15) is 52.3 Å². The predicted octanol–water partition coefficient (Wildman–Crippen LogP) is 1.29. The Morgan fingerprint density at radius 2 is 1.97 bits per heavy atom. The van der Waals surface area contributed by atoms with Crippen LogP contribution in [0.2, 0.25) is 0 Å². The zero-order chi connectivity index (χ0) is 21.4. The summed E-state index contributed by atoms with van der Waals surface area (Å²) in [6, 6.07) is 0. The van der Waals surface area contributed by atoms with Crippen molar-refractivity contribution in [2.45, 2.75) is 33.6 Å². The molecule has 0 radical (unpaired) electrons. The van der Waals surface area contributed by atoms with E-state index in [4.69, 9.17) is 14.2 Å². The molecule has 29 heavy (non-hydrogen) atoms. The van der Waals surface area contributed by atoms with Crippen LogP contribution in [0.3, 0.4) is 0 Å². The third-order valence-corrected chi connectivity index (χ3v) is 6.05. The number of ether oxygens (including phenoxy) is 3. The monoisotopic (exact) mass is 427 g/mol. The number of methoxy groups -OCH3 is 1. The zero-order valence-electron chi connectivity index (χ0n) is 17.6. The van der Waals surface area contributed by atoms with E-state index in [9.17, 15) is 14.4 Å². The smallest absolute Gasteiger partial charge is 0.348 e. The minimum atomic E-state index is -0.563. The summed E-state index contributed by atoms with van der Waals surface area (Å²) in [5, 5.41) is 3.15. The number of carbonyl (C=O) groups excluding carboxylic acids is 3. The minimum Gasteiger partial charge on any atom is -0.462 e. The molecule has 8 nitrogen and oxygen atoms in total. The third kappa shape index (κ3) is 6.52. The van der Waals surface area contributed by atoms with Gasteiger partial charge in [-0.15, -0.1) is 11.3 Å². The lowest BCUT2D eigenvalue weighted by atomic mass is 10.0. The molecule has 0 spiro atoms. The topological polar surface area (TPSA) is 95.4 Å². The van der Waals surface area contributed by atoms with Crippen LogP contribution in [-0.4, -0.2) is 64.4 Å². The number of hydrogen-bond donors (Lipinski definition) is 2. The molecule has 1 aliphatic rings. The van der Waals surface area contributed by atoms with Crippen molar-refractivity contribution in [2.75, 3.05) is 51.9 Å². The van der Waals surface area contributed by atoms with Gasteiger partial charge in [-0.3, -0.25) is 4.79 Å². The molecule has 1 saturated heterocycles. The van der Waals surface area contributed by atoms with Crippen LogP contribution in [0.5, 0.6) is 0 Å². The molecule has 0 aromatic carbocycles.